The van der Waals surface area contributed by atoms with Gasteiger partial charge in [0, 0.05) is 12.5 Å². The first-order chi connectivity index (χ1) is 8.18. The first-order valence-corrected chi connectivity index (χ1v) is 6.48. The van der Waals surface area contributed by atoms with Crippen molar-refractivity contribution in [3.63, 3.8) is 0 Å². The van der Waals surface area contributed by atoms with E-state index in [0.717, 1.165) is 12.0 Å². The molecular formula is C15H26O3. The van der Waals surface area contributed by atoms with E-state index in [1.165, 1.54) is 6.08 Å². The predicted molar refractivity (Wildman–Crippen MR) is 73.5 cm³/mol. The average molecular weight is 254 g/mol. The molecule has 104 valence electrons. The number of carbonyl (C=O) groups excluding carboxylic acids is 2. The van der Waals surface area contributed by atoms with Gasteiger partial charge in [0.15, 0.2) is 0 Å². The molecule has 0 unspecified atom stereocenters. The topological polar surface area (TPSA) is 43.4 Å². The molecule has 0 radical (unpaired) electrons. The highest BCUT2D eigenvalue weighted by atomic mass is 16.5. The summed E-state index contributed by atoms with van der Waals surface area (Å²) >= 11 is 0. The highest BCUT2D eigenvalue weighted by Gasteiger charge is 2.36. The third-order valence-electron chi connectivity index (χ3n) is 4.01. The highest BCUT2D eigenvalue weighted by Crippen LogP contribution is 2.30. The van der Waals surface area contributed by atoms with Crippen molar-refractivity contribution < 1.29 is 14.3 Å². The summed E-state index contributed by atoms with van der Waals surface area (Å²) in [4.78, 5) is 24.1. The van der Waals surface area contributed by atoms with Crippen molar-refractivity contribution in [2.75, 3.05) is 7.11 Å². The van der Waals surface area contributed by atoms with Gasteiger partial charge in [0.05, 0.1) is 6.10 Å². The summed E-state index contributed by atoms with van der Waals surface area (Å²) in [6, 6.07) is 0. The van der Waals surface area contributed by atoms with Gasteiger partial charge in [0.1, 0.15) is 0 Å². The zero-order chi connectivity index (χ0) is 14.5. The lowest BCUT2D eigenvalue weighted by atomic mass is 9.74. The smallest absolute Gasteiger partial charge is 0.222 e. The van der Waals surface area contributed by atoms with E-state index in [1.807, 2.05) is 34.6 Å². The van der Waals surface area contributed by atoms with Gasteiger partial charge >= 0.3 is 0 Å². The minimum absolute atomic E-state index is 0.145. The van der Waals surface area contributed by atoms with Gasteiger partial charge in [-0.15, -0.1) is 0 Å². The lowest BCUT2D eigenvalue weighted by molar-refractivity contribution is -0.141. The SMILES string of the molecule is CC[C@H](C)C(C)(C)C(=O)C(=O)/C=C(\C)[C@H](C)OC. The van der Waals surface area contributed by atoms with Crippen molar-refractivity contribution in [2.24, 2.45) is 11.3 Å². The second-order valence-corrected chi connectivity index (χ2v) is 5.49. The van der Waals surface area contributed by atoms with E-state index in [0.29, 0.717) is 0 Å². The molecule has 0 amide bonds. The van der Waals surface area contributed by atoms with Gasteiger partial charge in [-0.05, 0) is 31.4 Å². The van der Waals surface area contributed by atoms with Crippen molar-refractivity contribution in [3.05, 3.63) is 11.6 Å². The molecule has 18 heavy (non-hydrogen) atoms. The van der Waals surface area contributed by atoms with Gasteiger partial charge in [0.2, 0.25) is 11.6 Å². The quantitative estimate of drug-likeness (QED) is 0.517. The molecule has 0 aliphatic rings. The Morgan fingerprint density at radius 1 is 1.28 bits per heavy atom. The van der Waals surface area contributed by atoms with Crippen molar-refractivity contribution >= 4 is 11.6 Å². The van der Waals surface area contributed by atoms with Crippen molar-refractivity contribution in [1.29, 1.82) is 0 Å². The van der Waals surface area contributed by atoms with Crippen LogP contribution in [-0.2, 0) is 14.3 Å². The maximum absolute atomic E-state index is 12.2. The lowest BCUT2D eigenvalue weighted by Crippen LogP contribution is -2.36. The molecular weight excluding hydrogens is 228 g/mol. The Hall–Kier alpha value is -0.960. The number of rotatable bonds is 7. The van der Waals surface area contributed by atoms with Crippen molar-refractivity contribution in [1.82, 2.24) is 0 Å². The minimum atomic E-state index is -0.612. The number of methoxy groups -OCH3 is 1. The van der Waals surface area contributed by atoms with E-state index < -0.39 is 11.2 Å². The highest BCUT2D eigenvalue weighted by molar-refractivity contribution is 6.43. The molecule has 0 aromatic rings. The van der Waals surface area contributed by atoms with Crippen LogP contribution < -0.4 is 0 Å². The van der Waals surface area contributed by atoms with Gasteiger partial charge < -0.3 is 4.74 Å². The number of carbonyl (C=O) groups is 2. The molecule has 0 fully saturated rings. The number of ether oxygens (including phenoxy) is 1. The molecule has 0 saturated heterocycles. The Labute approximate surface area is 111 Å². The van der Waals surface area contributed by atoms with Crippen LogP contribution in [0.5, 0.6) is 0 Å². The van der Waals surface area contributed by atoms with Crippen LogP contribution in [0.25, 0.3) is 0 Å². The fourth-order valence-corrected chi connectivity index (χ4v) is 1.63. The Morgan fingerprint density at radius 2 is 1.78 bits per heavy atom. The maximum Gasteiger partial charge on any atom is 0.222 e. The van der Waals surface area contributed by atoms with Gasteiger partial charge in [-0.3, -0.25) is 9.59 Å². The molecule has 0 rings (SSSR count). The molecule has 0 saturated carbocycles. The molecule has 0 aliphatic heterocycles. The molecule has 0 bridgehead atoms. The molecule has 2 atom stereocenters. The third-order valence-corrected chi connectivity index (χ3v) is 4.01. The van der Waals surface area contributed by atoms with Crippen LogP contribution in [0.1, 0.15) is 48.0 Å². The van der Waals surface area contributed by atoms with Gasteiger partial charge in [-0.25, -0.2) is 0 Å². The van der Waals surface area contributed by atoms with E-state index in [-0.39, 0.29) is 17.8 Å². The number of allylic oxidation sites excluding steroid dienone is 1. The summed E-state index contributed by atoms with van der Waals surface area (Å²) in [5.74, 6) is -0.566. The second kappa shape index (κ2) is 6.83. The number of ketones is 2. The molecule has 0 N–H and O–H groups in total. The van der Waals surface area contributed by atoms with Gasteiger partial charge in [-0.2, -0.15) is 0 Å². The van der Waals surface area contributed by atoms with Crippen LogP contribution in [0.3, 0.4) is 0 Å². The molecule has 3 heteroatoms. The van der Waals surface area contributed by atoms with Crippen LogP contribution in [-0.4, -0.2) is 24.8 Å². The first kappa shape index (κ1) is 17.0. The lowest BCUT2D eigenvalue weighted by Gasteiger charge is -2.28. The van der Waals surface area contributed by atoms with Crippen LogP contribution in [0.4, 0.5) is 0 Å². The van der Waals surface area contributed by atoms with E-state index in [2.05, 4.69) is 0 Å². The number of Topliss-reactive ketones (excluding diaryl/α,β-unsaturated/α-hetero) is 1. The van der Waals surface area contributed by atoms with Crippen LogP contribution in [0.15, 0.2) is 11.6 Å². The fraction of sp³-hybridized carbons (Fsp3) is 0.733. The van der Waals surface area contributed by atoms with E-state index in [4.69, 9.17) is 4.74 Å². The molecule has 0 aromatic heterocycles. The monoisotopic (exact) mass is 254 g/mol. The Balaban J connectivity index is 4.97. The molecule has 3 nitrogen and oxygen atoms in total. The average Bonchev–Trinajstić information content (AvgIpc) is 2.34. The minimum Gasteiger partial charge on any atom is -0.377 e. The zero-order valence-corrected chi connectivity index (χ0v) is 12.7. The van der Waals surface area contributed by atoms with Crippen LogP contribution >= 0.6 is 0 Å². The molecule has 0 spiro atoms. The molecule has 0 aliphatic carbocycles. The van der Waals surface area contributed by atoms with Crippen molar-refractivity contribution in [3.8, 4) is 0 Å². The summed E-state index contributed by atoms with van der Waals surface area (Å²) in [7, 11) is 1.58. The van der Waals surface area contributed by atoms with E-state index in [1.54, 1.807) is 14.0 Å². The standard InChI is InChI=1S/C15H26O3/c1-8-11(3)15(5,6)14(17)13(16)9-10(2)12(4)18-7/h9,11-12H,8H2,1-7H3/b10-9+/t11-,12-/m0/s1. The molecule has 0 heterocycles. The second-order valence-electron chi connectivity index (χ2n) is 5.49. The Morgan fingerprint density at radius 3 is 2.17 bits per heavy atom. The largest absolute Gasteiger partial charge is 0.377 e. The third kappa shape index (κ3) is 4.05. The summed E-state index contributed by atoms with van der Waals surface area (Å²) < 4.78 is 5.12. The normalized spacial score (nSPS) is 16.3. The van der Waals surface area contributed by atoms with Crippen molar-refractivity contribution in [2.45, 2.75) is 54.1 Å². The van der Waals surface area contributed by atoms with Gasteiger partial charge in [0.25, 0.3) is 0 Å². The van der Waals surface area contributed by atoms with E-state index in [9.17, 15) is 9.59 Å². The van der Waals surface area contributed by atoms with Crippen LogP contribution in [0, 0.1) is 11.3 Å². The summed E-state index contributed by atoms with van der Waals surface area (Å²) in [6.07, 6.45) is 2.14. The molecule has 0 aromatic carbocycles. The predicted octanol–water partition coefficient (Wildman–Crippen LogP) is 3.18. The van der Waals surface area contributed by atoms with E-state index >= 15 is 0 Å². The Kier molecular flexibility index (Phi) is 6.47. The zero-order valence-electron chi connectivity index (χ0n) is 12.7. The van der Waals surface area contributed by atoms with Crippen LogP contribution in [0.2, 0.25) is 0 Å². The van der Waals surface area contributed by atoms with Gasteiger partial charge in [-0.1, -0.05) is 34.1 Å². The summed E-state index contributed by atoms with van der Waals surface area (Å²) in [5.41, 5.74) is 0.162. The fourth-order valence-electron chi connectivity index (χ4n) is 1.63. The number of hydrogen-bond acceptors (Lipinski definition) is 3. The summed E-state index contributed by atoms with van der Waals surface area (Å²) in [5, 5.41) is 0. The number of hydrogen-bond donors (Lipinski definition) is 0. The maximum atomic E-state index is 12.2. The Bertz CT molecular complexity index is 340. The summed E-state index contributed by atoms with van der Waals surface area (Å²) in [6.45, 7) is 11.4. The first-order valence-electron chi connectivity index (χ1n) is 6.48.